The molecule has 2 unspecified atom stereocenters. The lowest BCUT2D eigenvalue weighted by molar-refractivity contribution is 0.358. The van der Waals surface area contributed by atoms with E-state index < -0.39 is 0 Å². The Balaban J connectivity index is 1.98. The first-order valence-electron chi connectivity index (χ1n) is 7.55. The molecule has 0 bridgehead atoms. The molecule has 0 saturated carbocycles. The van der Waals surface area contributed by atoms with E-state index in [0.717, 1.165) is 12.2 Å². The third-order valence-corrected chi connectivity index (χ3v) is 4.04. The van der Waals surface area contributed by atoms with E-state index in [1.807, 2.05) is 11.6 Å². The third-order valence-electron chi connectivity index (χ3n) is 4.04. The van der Waals surface area contributed by atoms with Crippen molar-refractivity contribution in [3.8, 4) is 0 Å². The fraction of sp³-hybridized carbons (Fsp3) is 0.529. The highest BCUT2D eigenvalue weighted by atomic mass is 15.3. The summed E-state index contributed by atoms with van der Waals surface area (Å²) in [7, 11) is 1.98. The van der Waals surface area contributed by atoms with Crippen LogP contribution in [0.5, 0.6) is 0 Å². The van der Waals surface area contributed by atoms with Gasteiger partial charge in [0.2, 0.25) is 0 Å². The Hall–Kier alpha value is -1.68. The fourth-order valence-corrected chi connectivity index (χ4v) is 3.02. The molecule has 0 fully saturated rings. The summed E-state index contributed by atoms with van der Waals surface area (Å²) < 4.78 is 1.97. The summed E-state index contributed by atoms with van der Waals surface area (Å²) in [5.41, 5.74) is 1.53. The van der Waals surface area contributed by atoms with Gasteiger partial charge in [-0.1, -0.05) is 44.2 Å². The van der Waals surface area contributed by atoms with Crippen molar-refractivity contribution >= 4 is 0 Å². The van der Waals surface area contributed by atoms with Gasteiger partial charge in [-0.3, -0.25) is 0 Å². The van der Waals surface area contributed by atoms with E-state index in [0.29, 0.717) is 6.04 Å². The smallest absolute Gasteiger partial charge is 0.149 e. The second-order valence-corrected chi connectivity index (χ2v) is 6.54. The lowest BCUT2D eigenvalue weighted by atomic mass is 9.79. The molecule has 1 heterocycles. The first-order chi connectivity index (χ1) is 9.90. The number of benzene rings is 1. The molecule has 4 heteroatoms. The van der Waals surface area contributed by atoms with Gasteiger partial charge in [-0.05, 0) is 31.2 Å². The summed E-state index contributed by atoms with van der Waals surface area (Å²) in [5.74, 6) is 0.972. The van der Waals surface area contributed by atoms with Gasteiger partial charge in [0.15, 0.2) is 0 Å². The molecule has 114 valence electrons. The molecule has 0 aliphatic rings. The molecule has 1 aromatic carbocycles. The number of aromatic nitrogens is 3. The molecule has 1 aromatic heterocycles. The van der Waals surface area contributed by atoms with Crippen LogP contribution in [0.25, 0.3) is 0 Å². The number of rotatable bonds is 6. The molecule has 0 aliphatic carbocycles. The van der Waals surface area contributed by atoms with Crippen LogP contribution in [0, 0.1) is 0 Å². The average molecular weight is 286 g/mol. The van der Waals surface area contributed by atoms with Crippen molar-refractivity contribution in [3.05, 3.63) is 48.0 Å². The van der Waals surface area contributed by atoms with Gasteiger partial charge in [-0.2, -0.15) is 0 Å². The molecule has 2 atom stereocenters. The van der Waals surface area contributed by atoms with Crippen LogP contribution in [0.4, 0.5) is 0 Å². The number of nitrogens with one attached hydrogen (secondary N) is 1. The highest BCUT2D eigenvalue weighted by Gasteiger charge is 2.24. The minimum Gasteiger partial charge on any atom is -0.319 e. The van der Waals surface area contributed by atoms with Crippen LogP contribution in [-0.4, -0.2) is 20.8 Å². The van der Waals surface area contributed by atoms with Gasteiger partial charge < -0.3 is 9.88 Å². The van der Waals surface area contributed by atoms with Gasteiger partial charge >= 0.3 is 0 Å². The molecular formula is C17H26N4. The van der Waals surface area contributed by atoms with Crippen LogP contribution < -0.4 is 5.32 Å². The standard InChI is InChI=1S/C17H26N4/c1-13(19-14(2)16-20-18-12-21(16)5)11-17(3,4)15-9-7-6-8-10-15/h6-10,12-14,19H,11H2,1-5H3. The van der Waals surface area contributed by atoms with Crippen LogP contribution in [0.15, 0.2) is 36.7 Å². The van der Waals surface area contributed by atoms with Gasteiger partial charge in [-0.15, -0.1) is 10.2 Å². The molecule has 21 heavy (non-hydrogen) atoms. The summed E-state index contributed by atoms with van der Waals surface area (Å²) in [5, 5.41) is 11.7. The van der Waals surface area contributed by atoms with Gasteiger partial charge in [-0.25, -0.2) is 0 Å². The van der Waals surface area contributed by atoms with Crippen molar-refractivity contribution in [3.63, 3.8) is 0 Å². The topological polar surface area (TPSA) is 42.7 Å². The molecule has 0 saturated heterocycles. The average Bonchev–Trinajstić information content (AvgIpc) is 2.85. The molecule has 0 amide bonds. The monoisotopic (exact) mass is 286 g/mol. The summed E-state index contributed by atoms with van der Waals surface area (Å²) in [6, 6.07) is 11.3. The largest absolute Gasteiger partial charge is 0.319 e. The Kier molecular flexibility index (Phi) is 4.78. The Bertz CT molecular complexity index is 559. The van der Waals surface area contributed by atoms with Crippen molar-refractivity contribution in [2.24, 2.45) is 7.05 Å². The van der Waals surface area contributed by atoms with Crippen molar-refractivity contribution in [2.45, 2.75) is 51.6 Å². The Morgan fingerprint density at radius 3 is 2.43 bits per heavy atom. The van der Waals surface area contributed by atoms with E-state index in [1.54, 1.807) is 6.33 Å². The number of hydrogen-bond donors (Lipinski definition) is 1. The Morgan fingerprint density at radius 1 is 1.19 bits per heavy atom. The van der Waals surface area contributed by atoms with Gasteiger partial charge in [0.1, 0.15) is 12.2 Å². The third kappa shape index (κ3) is 3.91. The van der Waals surface area contributed by atoms with Gasteiger partial charge in [0.25, 0.3) is 0 Å². The molecule has 0 radical (unpaired) electrons. The first-order valence-corrected chi connectivity index (χ1v) is 7.55. The predicted molar refractivity (Wildman–Crippen MR) is 86.1 cm³/mol. The molecular weight excluding hydrogens is 260 g/mol. The van der Waals surface area contributed by atoms with Crippen LogP contribution in [0.1, 0.15) is 51.5 Å². The van der Waals surface area contributed by atoms with Crippen molar-refractivity contribution < 1.29 is 0 Å². The summed E-state index contributed by atoms with van der Waals surface area (Å²) in [6.07, 6.45) is 2.81. The molecule has 2 rings (SSSR count). The van der Waals surface area contributed by atoms with E-state index in [4.69, 9.17) is 0 Å². The lowest BCUT2D eigenvalue weighted by Gasteiger charge is -2.30. The van der Waals surface area contributed by atoms with Crippen molar-refractivity contribution in [2.75, 3.05) is 0 Å². The Morgan fingerprint density at radius 2 is 1.86 bits per heavy atom. The van der Waals surface area contributed by atoms with E-state index in [1.165, 1.54) is 5.56 Å². The molecule has 0 spiro atoms. The zero-order valence-corrected chi connectivity index (χ0v) is 13.7. The zero-order valence-electron chi connectivity index (χ0n) is 13.7. The highest BCUT2D eigenvalue weighted by Crippen LogP contribution is 2.28. The number of nitrogens with zero attached hydrogens (tertiary/aromatic N) is 3. The quantitative estimate of drug-likeness (QED) is 0.886. The van der Waals surface area contributed by atoms with Gasteiger partial charge in [0.05, 0.1) is 6.04 Å². The van der Waals surface area contributed by atoms with Gasteiger partial charge in [0, 0.05) is 13.1 Å². The van der Waals surface area contributed by atoms with Crippen LogP contribution in [0.2, 0.25) is 0 Å². The number of aryl methyl sites for hydroxylation is 1. The van der Waals surface area contributed by atoms with E-state index in [9.17, 15) is 0 Å². The Labute approximate surface area is 127 Å². The van der Waals surface area contributed by atoms with E-state index in [2.05, 4.69) is 73.5 Å². The van der Waals surface area contributed by atoms with Crippen LogP contribution in [0.3, 0.4) is 0 Å². The fourth-order valence-electron chi connectivity index (χ4n) is 3.02. The summed E-state index contributed by atoms with van der Waals surface area (Å²) in [6.45, 7) is 8.97. The second-order valence-electron chi connectivity index (χ2n) is 6.54. The maximum absolute atomic E-state index is 4.17. The lowest BCUT2D eigenvalue weighted by Crippen LogP contribution is -2.35. The highest BCUT2D eigenvalue weighted by molar-refractivity contribution is 5.23. The summed E-state index contributed by atoms with van der Waals surface area (Å²) >= 11 is 0. The van der Waals surface area contributed by atoms with E-state index >= 15 is 0 Å². The molecule has 1 N–H and O–H groups in total. The van der Waals surface area contributed by atoms with Crippen molar-refractivity contribution in [1.29, 1.82) is 0 Å². The van der Waals surface area contributed by atoms with E-state index in [-0.39, 0.29) is 11.5 Å². The molecule has 0 aliphatic heterocycles. The minimum atomic E-state index is 0.146. The maximum atomic E-state index is 4.17. The SMILES string of the molecule is CC(CC(C)(C)c1ccccc1)NC(C)c1nncn1C. The first kappa shape index (κ1) is 15.7. The summed E-state index contributed by atoms with van der Waals surface area (Å²) in [4.78, 5) is 0. The minimum absolute atomic E-state index is 0.146. The molecule has 4 nitrogen and oxygen atoms in total. The van der Waals surface area contributed by atoms with Crippen LogP contribution in [-0.2, 0) is 12.5 Å². The normalized spacial score (nSPS) is 14.9. The number of hydrogen-bond acceptors (Lipinski definition) is 3. The maximum Gasteiger partial charge on any atom is 0.149 e. The predicted octanol–water partition coefficient (Wildman–Crippen LogP) is 3.22. The van der Waals surface area contributed by atoms with Crippen LogP contribution >= 0.6 is 0 Å². The second kappa shape index (κ2) is 6.39. The molecule has 2 aromatic rings. The van der Waals surface area contributed by atoms with Crippen molar-refractivity contribution in [1.82, 2.24) is 20.1 Å². The zero-order chi connectivity index (χ0) is 15.5.